The number of para-hydroxylation sites is 2. The zero-order valence-corrected chi connectivity index (χ0v) is 73.1. The van der Waals surface area contributed by atoms with Gasteiger partial charge >= 0.3 is 0 Å². The summed E-state index contributed by atoms with van der Waals surface area (Å²) < 4.78 is 7.29. The summed E-state index contributed by atoms with van der Waals surface area (Å²) in [6, 6.07) is 165. The smallest absolute Gasteiger partial charge is 0.0793 e. The quantitative estimate of drug-likeness (QED) is 0.0850. The lowest BCUT2D eigenvalue weighted by atomic mass is 9.92. The Bertz CT molecular complexity index is 9780. The highest BCUT2D eigenvalue weighted by Gasteiger charge is 2.29. The van der Waals surface area contributed by atoms with Crippen molar-refractivity contribution in [3.8, 4) is 61.6 Å². The van der Waals surface area contributed by atoms with Gasteiger partial charge in [0.25, 0.3) is 0 Å². The van der Waals surface area contributed by atoms with E-state index >= 15 is 0 Å². The molecule has 30 rings (SSSR count). The van der Waals surface area contributed by atoms with Crippen LogP contribution >= 0.6 is 0 Å². The van der Waals surface area contributed by atoms with Gasteiger partial charge in [0.05, 0.1) is 49.7 Å². The summed E-state index contributed by atoms with van der Waals surface area (Å²) in [4.78, 5) is 19.4. The van der Waals surface area contributed by atoms with Crippen molar-refractivity contribution in [2.45, 2.75) is 0 Å². The maximum absolute atomic E-state index is 4.94. The standard InChI is InChI=1S/C47H29N3.C43H27N3.C37H22N2/c1-2-10-36(11-3-1)49(37-23-20-31(21-24-37)35-19-16-30-8-4-5-9-34(30)28-35)38-12-6-13-39(29-38)50-41-15-7-14-40-45(41)46-42(50)25-22-32-17-18-33-26-27-48-47(40)44(33)43(32)46;1-3-9-28(10-4-1)29-19-22-33(23-20-29)45(32-11-5-2-6-12-32)34-13-7-14-35(27-34)46-37-16-8-15-36-41(37)42-38(46)24-21-30-17-18-31-25-26-44-43(36)40(31)39(30)42;1-2-5-23(6-3-1)24-9-11-25(12-10-24)26-15-18-29(19-16-26)39-31-8-4-7-30-35(31)36-32(39)20-17-27-13-14-28-21-22-38-37(30)34(28)33(27)36/h1-29H;1-27H;1-22H. The second kappa shape index (κ2) is 30.2. The lowest BCUT2D eigenvalue weighted by molar-refractivity contribution is 1.17. The third-order valence-corrected chi connectivity index (χ3v) is 28.4. The van der Waals surface area contributed by atoms with Crippen LogP contribution in [0.1, 0.15) is 0 Å². The third kappa shape index (κ3) is 11.9. The Morgan fingerprint density at radius 1 is 0.148 bits per heavy atom. The zero-order chi connectivity index (χ0) is 88.5. The minimum Gasteiger partial charge on any atom is -0.310 e. The molecule has 6 heterocycles. The Morgan fingerprint density at radius 3 is 0.815 bits per heavy atom. The SMILES string of the molecule is c1ccc(-c2ccc(-c3ccc(-n4c5cccc6c7nccc8ccc9ccc4c(c9c87)c65)cc3)cc2)cc1.c1ccc(-c2ccc(N(c3ccccc3)c3cccc(-n4c5cccc6c7nccc8ccc9ccc4c(c9c87)c65)c3)cc2)cc1.c1ccc(N(c2ccc(-c3ccc4ccccc4c3)cc2)c2cccc(-n3c4cccc5c6nccc7ccc8ccc3c(c8c76)c54)c2)cc1. The fraction of sp³-hybridized carbons (Fsp3) is 0. The average Bonchev–Trinajstić information content (AvgIpc) is 1.55. The maximum atomic E-state index is 4.94. The predicted octanol–water partition coefficient (Wildman–Crippen LogP) is 34.3. The van der Waals surface area contributed by atoms with E-state index in [1.54, 1.807) is 0 Å². The van der Waals surface area contributed by atoms with Gasteiger partial charge in [-0.15, -0.1) is 0 Å². The molecule has 0 spiro atoms. The van der Waals surface area contributed by atoms with Gasteiger partial charge < -0.3 is 23.5 Å². The molecule has 8 nitrogen and oxygen atoms in total. The van der Waals surface area contributed by atoms with E-state index in [-0.39, 0.29) is 0 Å². The molecule has 0 aliphatic rings. The molecule has 0 amide bonds. The van der Waals surface area contributed by atoms with E-state index in [4.69, 9.17) is 15.0 Å². The van der Waals surface area contributed by atoms with Crippen molar-refractivity contribution in [2.24, 2.45) is 0 Å². The van der Waals surface area contributed by atoms with Gasteiger partial charge in [0.2, 0.25) is 0 Å². The van der Waals surface area contributed by atoms with Crippen molar-refractivity contribution in [2.75, 3.05) is 9.80 Å². The summed E-state index contributed by atoms with van der Waals surface area (Å²) in [6.45, 7) is 0. The van der Waals surface area contributed by atoms with Crippen molar-refractivity contribution in [1.29, 1.82) is 0 Å². The van der Waals surface area contributed by atoms with Gasteiger partial charge in [-0.1, -0.05) is 297 Å². The number of benzene rings is 24. The van der Waals surface area contributed by atoms with Crippen LogP contribution in [-0.4, -0.2) is 28.7 Å². The first-order valence-electron chi connectivity index (χ1n) is 46.2. The van der Waals surface area contributed by atoms with Crippen LogP contribution in [0, 0.1) is 0 Å². The minimum atomic E-state index is 1.08. The summed E-state index contributed by atoms with van der Waals surface area (Å²) >= 11 is 0. The maximum Gasteiger partial charge on any atom is 0.0793 e. The molecule has 8 heteroatoms. The summed E-state index contributed by atoms with van der Waals surface area (Å²) in [5.74, 6) is 0. The number of aromatic nitrogens is 6. The molecule has 0 fully saturated rings. The Morgan fingerprint density at radius 2 is 0.422 bits per heavy atom. The number of hydrogen-bond acceptors (Lipinski definition) is 5. The van der Waals surface area contributed by atoms with E-state index in [0.29, 0.717) is 0 Å². The van der Waals surface area contributed by atoms with Gasteiger partial charge in [0, 0.05) is 151 Å². The number of pyridine rings is 3. The lowest BCUT2D eigenvalue weighted by Crippen LogP contribution is -2.10. The van der Waals surface area contributed by atoms with Gasteiger partial charge in [-0.05, 0) is 245 Å². The molecule has 0 bridgehead atoms. The van der Waals surface area contributed by atoms with E-state index in [0.717, 1.165) is 62.0 Å². The summed E-state index contributed by atoms with van der Waals surface area (Å²) in [6.07, 6.45) is 5.83. The van der Waals surface area contributed by atoms with E-state index in [1.807, 2.05) is 18.6 Å². The van der Waals surface area contributed by atoms with E-state index in [9.17, 15) is 0 Å². The first-order chi connectivity index (χ1) is 67.0. The first kappa shape index (κ1) is 75.8. The van der Waals surface area contributed by atoms with Crippen molar-refractivity contribution < 1.29 is 0 Å². The Balaban J connectivity index is 0.000000101. The molecule has 30 aromatic rings. The first-order valence-corrected chi connectivity index (χ1v) is 46.2. The second-order valence-electron chi connectivity index (χ2n) is 35.6. The minimum absolute atomic E-state index is 1.08. The van der Waals surface area contributed by atoms with Gasteiger partial charge in [-0.25, -0.2) is 0 Å². The summed E-state index contributed by atoms with van der Waals surface area (Å²) in [5.41, 5.74) is 30.3. The molecule has 0 saturated carbocycles. The lowest BCUT2D eigenvalue weighted by Gasteiger charge is -2.26. The topological polar surface area (TPSA) is 59.9 Å². The van der Waals surface area contributed by atoms with E-state index in [1.165, 1.54) is 207 Å². The van der Waals surface area contributed by atoms with E-state index < -0.39 is 0 Å². The molecule has 0 aliphatic heterocycles. The van der Waals surface area contributed by atoms with Crippen LogP contribution < -0.4 is 9.80 Å². The van der Waals surface area contributed by atoms with Crippen LogP contribution in [0.5, 0.6) is 0 Å². The molecule has 0 N–H and O–H groups in total. The molecular formula is C127H78N8. The molecular weight excluding hydrogens is 1640 g/mol. The number of nitrogens with zero attached hydrogens (tertiary/aromatic N) is 8. The molecule has 0 aliphatic carbocycles. The zero-order valence-electron chi connectivity index (χ0n) is 73.1. The normalized spacial score (nSPS) is 12.0. The van der Waals surface area contributed by atoms with Gasteiger partial charge in [0.1, 0.15) is 0 Å². The molecule has 626 valence electrons. The number of anilines is 6. The molecule has 0 radical (unpaired) electrons. The number of rotatable bonds is 13. The highest BCUT2D eigenvalue weighted by molar-refractivity contribution is 6.42. The second-order valence-corrected chi connectivity index (χ2v) is 35.6. The van der Waals surface area contributed by atoms with E-state index in [2.05, 4.69) is 478 Å². The Labute approximate surface area is 775 Å². The fourth-order valence-corrected chi connectivity index (χ4v) is 22.4. The van der Waals surface area contributed by atoms with Crippen LogP contribution in [0.2, 0.25) is 0 Å². The monoisotopic (exact) mass is 1710 g/mol. The molecule has 135 heavy (non-hydrogen) atoms. The molecule has 0 unspecified atom stereocenters. The van der Waals surface area contributed by atoms with Crippen LogP contribution in [0.4, 0.5) is 34.1 Å². The molecule has 6 aromatic heterocycles. The van der Waals surface area contributed by atoms with Crippen LogP contribution in [0.15, 0.2) is 474 Å². The summed E-state index contributed by atoms with van der Waals surface area (Å²) in [5, 5.41) is 29.2. The molecule has 0 saturated heterocycles. The van der Waals surface area contributed by atoms with Gasteiger partial charge in [-0.2, -0.15) is 0 Å². The van der Waals surface area contributed by atoms with Crippen molar-refractivity contribution in [1.82, 2.24) is 28.7 Å². The number of hydrogen-bond donors (Lipinski definition) is 0. The van der Waals surface area contributed by atoms with Crippen LogP contribution in [0.3, 0.4) is 0 Å². The Kier molecular flexibility index (Phi) is 17.0. The Hall–Kier alpha value is -18.1. The van der Waals surface area contributed by atoms with Crippen LogP contribution in [-0.2, 0) is 0 Å². The summed E-state index contributed by atoms with van der Waals surface area (Å²) in [7, 11) is 0. The number of fused-ring (bicyclic) bond motifs is 4. The molecule has 0 atom stereocenters. The van der Waals surface area contributed by atoms with Gasteiger partial charge in [-0.3, -0.25) is 15.0 Å². The van der Waals surface area contributed by atoms with Crippen molar-refractivity contribution >= 4 is 208 Å². The van der Waals surface area contributed by atoms with Crippen molar-refractivity contribution in [3.05, 3.63) is 474 Å². The highest BCUT2D eigenvalue weighted by Crippen LogP contribution is 2.52. The van der Waals surface area contributed by atoms with Crippen LogP contribution in [0.25, 0.3) is 235 Å². The largest absolute Gasteiger partial charge is 0.310 e. The van der Waals surface area contributed by atoms with Crippen molar-refractivity contribution in [3.63, 3.8) is 0 Å². The highest BCUT2D eigenvalue weighted by atomic mass is 15.2. The third-order valence-electron chi connectivity index (χ3n) is 28.4. The average molecular weight is 1720 g/mol. The molecule has 24 aromatic carbocycles. The fourth-order valence-electron chi connectivity index (χ4n) is 22.4. The van der Waals surface area contributed by atoms with Gasteiger partial charge in [0.15, 0.2) is 0 Å². The predicted molar refractivity (Wildman–Crippen MR) is 569 cm³/mol.